The molecular formula is C19H18N2O5. The Labute approximate surface area is 149 Å². The number of ether oxygens (including phenoxy) is 2. The minimum Gasteiger partial charge on any atom is -0.496 e. The lowest BCUT2D eigenvalue weighted by atomic mass is 9.89. The molecule has 7 nitrogen and oxygen atoms in total. The zero-order chi connectivity index (χ0) is 18.7. The van der Waals surface area contributed by atoms with Crippen molar-refractivity contribution in [2.24, 2.45) is 0 Å². The van der Waals surface area contributed by atoms with Crippen LogP contribution in [0.1, 0.15) is 23.5 Å². The van der Waals surface area contributed by atoms with Gasteiger partial charge in [-0.15, -0.1) is 0 Å². The van der Waals surface area contributed by atoms with Crippen LogP contribution in [0.4, 0.5) is 0 Å². The van der Waals surface area contributed by atoms with Gasteiger partial charge in [-0.2, -0.15) is 4.98 Å². The van der Waals surface area contributed by atoms with E-state index in [1.165, 1.54) is 18.6 Å². The fraction of sp³-hybridized carbons (Fsp3) is 0.211. The molecule has 1 unspecified atom stereocenters. The summed E-state index contributed by atoms with van der Waals surface area (Å²) in [4.78, 5) is 29.1. The largest absolute Gasteiger partial charge is 0.496 e. The quantitative estimate of drug-likeness (QED) is 0.706. The van der Waals surface area contributed by atoms with Gasteiger partial charge < -0.3 is 14.6 Å². The van der Waals surface area contributed by atoms with E-state index in [-0.39, 0.29) is 12.0 Å². The lowest BCUT2D eigenvalue weighted by Gasteiger charge is -2.19. The summed E-state index contributed by atoms with van der Waals surface area (Å²) < 4.78 is 11.5. The van der Waals surface area contributed by atoms with Crippen molar-refractivity contribution in [3.05, 3.63) is 70.1 Å². The Morgan fingerprint density at radius 3 is 2.65 bits per heavy atom. The standard InChI is InChI=1S/C19H18N2O5/c1-25-14-8-4-3-7-12(14)13(11-16(22)26-2)17-18(23)20-15-9-5-6-10-21(15)19(17)24/h3-10,13,23H,11H2,1-2H3. The van der Waals surface area contributed by atoms with Gasteiger partial charge in [0.15, 0.2) is 0 Å². The van der Waals surface area contributed by atoms with Gasteiger partial charge in [-0.1, -0.05) is 24.3 Å². The highest BCUT2D eigenvalue weighted by atomic mass is 16.5. The Bertz CT molecular complexity index is 1010. The molecule has 1 N–H and O–H groups in total. The molecule has 0 radical (unpaired) electrons. The molecule has 0 spiro atoms. The van der Waals surface area contributed by atoms with Crippen LogP contribution in [0.3, 0.4) is 0 Å². The minimum atomic E-state index is -0.768. The first-order chi connectivity index (χ1) is 12.6. The first-order valence-electron chi connectivity index (χ1n) is 7.96. The van der Waals surface area contributed by atoms with Gasteiger partial charge in [0.25, 0.3) is 5.56 Å². The molecule has 0 saturated heterocycles. The van der Waals surface area contributed by atoms with E-state index in [1.807, 2.05) is 0 Å². The van der Waals surface area contributed by atoms with E-state index in [2.05, 4.69) is 4.98 Å². The Kier molecular flexibility index (Phi) is 4.88. The van der Waals surface area contributed by atoms with Gasteiger partial charge in [0.2, 0.25) is 5.88 Å². The number of esters is 1. The molecule has 134 valence electrons. The van der Waals surface area contributed by atoms with Crippen LogP contribution in [0.5, 0.6) is 11.6 Å². The number of methoxy groups -OCH3 is 2. The molecule has 1 aromatic carbocycles. The number of para-hydroxylation sites is 1. The van der Waals surface area contributed by atoms with Gasteiger partial charge in [-0.05, 0) is 18.2 Å². The maximum atomic E-state index is 13.0. The molecule has 0 aliphatic carbocycles. The van der Waals surface area contributed by atoms with Crippen LogP contribution in [0, 0.1) is 0 Å². The second-order valence-electron chi connectivity index (χ2n) is 5.66. The molecule has 1 atom stereocenters. The van der Waals surface area contributed by atoms with E-state index in [0.717, 1.165) is 0 Å². The van der Waals surface area contributed by atoms with Crippen molar-refractivity contribution < 1.29 is 19.4 Å². The van der Waals surface area contributed by atoms with Gasteiger partial charge >= 0.3 is 5.97 Å². The SMILES string of the molecule is COC(=O)CC(c1ccccc1OC)c1c(O)nc2ccccn2c1=O. The Morgan fingerprint density at radius 1 is 1.19 bits per heavy atom. The molecule has 7 heteroatoms. The summed E-state index contributed by atoms with van der Waals surface area (Å²) in [6.45, 7) is 0. The zero-order valence-corrected chi connectivity index (χ0v) is 14.4. The van der Waals surface area contributed by atoms with Crippen molar-refractivity contribution in [1.82, 2.24) is 9.38 Å². The van der Waals surface area contributed by atoms with Crippen molar-refractivity contribution >= 4 is 11.6 Å². The molecule has 3 aromatic rings. The molecule has 0 saturated carbocycles. The zero-order valence-electron chi connectivity index (χ0n) is 14.4. The summed E-state index contributed by atoms with van der Waals surface area (Å²) in [6, 6.07) is 12.0. The summed E-state index contributed by atoms with van der Waals surface area (Å²) in [5.74, 6) is -1.20. The molecule has 2 aromatic heterocycles. The van der Waals surface area contributed by atoms with Crippen molar-refractivity contribution in [2.75, 3.05) is 14.2 Å². The summed E-state index contributed by atoms with van der Waals surface area (Å²) in [5.41, 5.74) is 0.470. The highest BCUT2D eigenvalue weighted by Crippen LogP contribution is 2.36. The average molecular weight is 354 g/mol. The predicted molar refractivity (Wildman–Crippen MR) is 94.6 cm³/mol. The van der Waals surface area contributed by atoms with Gasteiger partial charge in [-0.3, -0.25) is 14.0 Å². The first-order valence-corrected chi connectivity index (χ1v) is 7.96. The van der Waals surface area contributed by atoms with E-state index < -0.39 is 23.3 Å². The van der Waals surface area contributed by atoms with Crippen LogP contribution in [0.2, 0.25) is 0 Å². The van der Waals surface area contributed by atoms with Crippen LogP contribution >= 0.6 is 0 Å². The van der Waals surface area contributed by atoms with Gasteiger partial charge in [-0.25, -0.2) is 0 Å². The minimum absolute atomic E-state index is 0.0172. The third-order valence-corrected chi connectivity index (χ3v) is 4.21. The second kappa shape index (κ2) is 7.26. The number of hydrogen-bond acceptors (Lipinski definition) is 6. The molecular weight excluding hydrogens is 336 g/mol. The smallest absolute Gasteiger partial charge is 0.306 e. The maximum absolute atomic E-state index is 13.0. The number of carbonyl (C=O) groups excluding carboxylic acids is 1. The Hall–Kier alpha value is -3.35. The average Bonchev–Trinajstić information content (AvgIpc) is 2.67. The summed E-state index contributed by atoms with van der Waals surface area (Å²) in [5, 5.41) is 10.5. The number of benzene rings is 1. The van der Waals surface area contributed by atoms with Gasteiger partial charge in [0, 0.05) is 17.7 Å². The molecule has 26 heavy (non-hydrogen) atoms. The number of pyridine rings is 1. The lowest BCUT2D eigenvalue weighted by molar-refractivity contribution is -0.140. The Balaban J connectivity index is 2.27. The van der Waals surface area contributed by atoms with Crippen LogP contribution < -0.4 is 10.3 Å². The third-order valence-electron chi connectivity index (χ3n) is 4.21. The molecule has 0 bridgehead atoms. The summed E-state index contributed by atoms with van der Waals surface area (Å²) in [7, 11) is 2.77. The molecule has 3 rings (SSSR count). The summed E-state index contributed by atoms with van der Waals surface area (Å²) >= 11 is 0. The van der Waals surface area contributed by atoms with Crippen molar-refractivity contribution in [1.29, 1.82) is 0 Å². The fourth-order valence-corrected chi connectivity index (χ4v) is 2.97. The topological polar surface area (TPSA) is 90.1 Å². The van der Waals surface area contributed by atoms with Crippen molar-refractivity contribution in [2.45, 2.75) is 12.3 Å². The van der Waals surface area contributed by atoms with Gasteiger partial charge in [0.05, 0.1) is 26.2 Å². The van der Waals surface area contributed by atoms with Crippen molar-refractivity contribution in [3.63, 3.8) is 0 Å². The second-order valence-corrected chi connectivity index (χ2v) is 5.66. The number of rotatable bonds is 5. The fourth-order valence-electron chi connectivity index (χ4n) is 2.97. The van der Waals surface area contributed by atoms with E-state index in [0.29, 0.717) is 17.0 Å². The first kappa shape index (κ1) is 17.5. The van der Waals surface area contributed by atoms with Crippen LogP contribution in [-0.2, 0) is 9.53 Å². The van der Waals surface area contributed by atoms with E-state index in [9.17, 15) is 14.7 Å². The van der Waals surface area contributed by atoms with Crippen LogP contribution in [0.25, 0.3) is 5.65 Å². The summed E-state index contributed by atoms with van der Waals surface area (Å²) in [6.07, 6.45) is 1.42. The molecule has 0 fully saturated rings. The predicted octanol–water partition coefficient (Wildman–Crippen LogP) is 2.10. The normalized spacial score (nSPS) is 11.9. The van der Waals surface area contributed by atoms with Crippen LogP contribution in [0.15, 0.2) is 53.5 Å². The number of hydrogen-bond donors (Lipinski definition) is 1. The number of fused-ring (bicyclic) bond motifs is 1. The highest BCUT2D eigenvalue weighted by molar-refractivity contribution is 5.72. The number of aromatic nitrogens is 2. The number of nitrogens with zero attached hydrogens (tertiary/aromatic N) is 2. The number of carbonyl (C=O) groups is 1. The molecule has 0 aliphatic rings. The van der Waals surface area contributed by atoms with Crippen LogP contribution in [-0.4, -0.2) is 34.7 Å². The highest BCUT2D eigenvalue weighted by Gasteiger charge is 2.28. The number of aromatic hydroxyl groups is 1. The van der Waals surface area contributed by atoms with E-state index in [4.69, 9.17) is 9.47 Å². The molecule has 0 aliphatic heterocycles. The van der Waals surface area contributed by atoms with E-state index in [1.54, 1.807) is 48.7 Å². The van der Waals surface area contributed by atoms with Crippen molar-refractivity contribution in [3.8, 4) is 11.6 Å². The lowest BCUT2D eigenvalue weighted by Crippen LogP contribution is -2.24. The Morgan fingerprint density at radius 2 is 1.92 bits per heavy atom. The van der Waals surface area contributed by atoms with E-state index >= 15 is 0 Å². The third kappa shape index (κ3) is 3.11. The molecule has 2 heterocycles. The van der Waals surface area contributed by atoms with Gasteiger partial charge in [0.1, 0.15) is 11.4 Å². The maximum Gasteiger partial charge on any atom is 0.306 e. The molecule has 0 amide bonds. The monoisotopic (exact) mass is 354 g/mol.